The number of hydrogen-bond donors (Lipinski definition) is 1. The first-order valence-electron chi connectivity index (χ1n) is 4.58. The molecule has 0 aromatic carbocycles. The van der Waals surface area contributed by atoms with Crippen molar-refractivity contribution in [3.05, 3.63) is 0 Å². The molecule has 1 unspecified atom stereocenters. The molecule has 4 heteroatoms. The lowest BCUT2D eigenvalue weighted by atomic mass is 10.1. The van der Waals surface area contributed by atoms with E-state index in [1.165, 1.54) is 0 Å². The maximum Gasteiger partial charge on any atom is 0.308 e. The van der Waals surface area contributed by atoms with Gasteiger partial charge in [-0.2, -0.15) is 0 Å². The van der Waals surface area contributed by atoms with Crippen LogP contribution in [0, 0.1) is 0 Å². The highest BCUT2D eigenvalue weighted by atomic mass is 32.2. The largest absolute Gasteiger partial charge is 0.466 e. The van der Waals surface area contributed by atoms with E-state index in [0.717, 1.165) is 5.75 Å². The number of carbonyl (C=O) groups excluding carboxylic acids is 1. The molecule has 1 N–H and O–H groups in total. The Hall–Kier alpha value is -0.220. The molecule has 1 aliphatic heterocycles. The Morgan fingerprint density at radius 2 is 2.38 bits per heavy atom. The summed E-state index contributed by atoms with van der Waals surface area (Å²) in [4.78, 5) is 11.1. The van der Waals surface area contributed by atoms with E-state index in [9.17, 15) is 4.79 Å². The molecule has 1 heterocycles. The van der Waals surface area contributed by atoms with Gasteiger partial charge in [0.05, 0.1) is 18.4 Å². The van der Waals surface area contributed by atoms with E-state index >= 15 is 0 Å². The van der Waals surface area contributed by atoms with Crippen LogP contribution in [0.25, 0.3) is 0 Å². The molecule has 0 amide bonds. The topological polar surface area (TPSA) is 38.3 Å². The zero-order valence-corrected chi connectivity index (χ0v) is 9.24. The molecule has 0 saturated carbocycles. The first-order chi connectivity index (χ1) is 6.03. The summed E-state index contributed by atoms with van der Waals surface area (Å²) in [6, 6.07) is 0. The molecule has 1 fully saturated rings. The van der Waals surface area contributed by atoms with Crippen molar-refractivity contribution in [2.45, 2.75) is 38.1 Å². The normalized spacial score (nSPS) is 25.9. The van der Waals surface area contributed by atoms with Crippen LogP contribution in [0.1, 0.15) is 27.2 Å². The summed E-state index contributed by atoms with van der Waals surface area (Å²) in [7, 11) is 0. The van der Waals surface area contributed by atoms with Gasteiger partial charge in [-0.05, 0) is 20.8 Å². The number of thioether (sulfide) groups is 1. The lowest BCUT2D eigenvalue weighted by Gasteiger charge is -2.18. The molecule has 0 spiro atoms. The molecule has 0 radical (unpaired) electrons. The van der Waals surface area contributed by atoms with Crippen LogP contribution < -0.4 is 5.32 Å². The van der Waals surface area contributed by atoms with Crippen molar-refractivity contribution < 1.29 is 9.53 Å². The molecule has 1 aliphatic rings. The van der Waals surface area contributed by atoms with E-state index < -0.39 is 0 Å². The van der Waals surface area contributed by atoms with E-state index in [2.05, 4.69) is 19.2 Å². The van der Waals surface area contributed by atoms with Crippen molar-refractivity contribution in [3.63, 3.8) is 0 Å². The van der Waals surface area contributed by atoms with Gasteiger partial charge in [0.15, 0.2) is 0 Å². The summed E-state index contributed by atoms with van der Waals surface area (Å²) < 4.78 is 4.88. The summed E-state index contributed by atoms with van der Waals surface area (Å²) in [5.74, 6) is 0.946. The second-order valence-electron chi connectivity index (χ2n) is 3.84. The first kappa shape index (κ1) is 10.9. The minimum absolute atomic E-state index is 0.106. The number of nitrogens with one attached hydrogen (secondary N) is 1. The lowest BCUT2D eigenvalue weighted by molar-refractivity contribution is -0.143. The zero-order valence-electron chi connectivity index (χ0n) is 8.42. The van der Waals surface area contributed by atoms with Gasteiger partial charge < -0.3 is 4.74 Å². The van der Waals surface area contributed by atoms with Crippen molar-refractivity contribution in [1.82, 2.24) is 5.32 Å². The monoisotopic (exact) mass is 203 g/mol. The van der Waals surface area contributed by atoms with E-state index in [0.29, 0.717) is 13.0 Å². The van der Waals surface area contributed by atoms with E-state index in [-0.39, 0.29) is 16.9 Å². The number of hydrogen-bond acceptors (Lipinski definition) is 4. The summed E-state index contributed by atoms with van der Waals surface area (Å²) >= 11 is 1.79. The fraction of sp³-hybridized carbons (Fsp3) is 0.889. The number of esters is 1. The Balaban J connectivity index is 2.28. The Labute approximate surface area is 83.6 Å². The minimum atomic E-state index is -0.106. The van der Waals surface area contributed by atoms with Gasteiger partial charge in [0.2, 0.25) is 0 Å². The Bertz CT molecular complexity index is 194. The highest BCUT2D eigenvalue weighted by Crippen LogP contribution is 2.27. The van der Waals surface area contributed by atoms with Crippen molar-refractivity contribution >= 4 is 17.7 Å². The van der Waals surface area contributed by atoms with Crippen LogP contribution in [-0.2, 0) is 9.53 Å². The summed E-state index contributed by atoms with van der Waals surface area (Å²) in [6.45, 7) is 6.59. The molecule has 1 rings (SSSR count). The SMILES string of the molecule is CCOC(=O)CC1NC(C)(C)CS1. The number of rotatable bonds is 3. The van der Waals surface area contributed by atoms with Crippen molar-refractivity contribution in [3.8, 4) is 0 Å². The average molecular weight is 203 g/mol. The van der Waals surface area contributed by atoms with Crippen LogP contribution in [0.5, 0.6) is 0 Å². The summed E-state index contributed by atoms with van der Waals surface area (Å²) in [6.07, 6.45) is 0.474. The van der Waals surface area contributed by atoms with Gasteiger partial charge >= 0.3 is 5.97 Å². The fourth-order valence-corrected chi connectivity index (χ4v) is 2.67. The highest BCUT2D eigenvalue weighted by Gasteiger charge is 2.31. The smallest absolute Gasteiger partial charge is 0.308 e. The van der Waals surface area contributed by atoms with Gasteiger partial charge in [0, 0.05) is 11.3 Å². The van der Waals surface area contributed by atoms with Crippen molar-refractivity contribution in [2.75, 3.05) is 12.4 Å². The van der Waals surface area contributed by atoms with Crippen LogP contribution in [0.2, 0.25) is 0 Å². The van der Waals surface area contributed by atoms with Gasteiger partial charge in [-0.3, -0.25) is 10.1 Å². The van der Waals surface area contributed by atoms with Gasteiger partial charge in [-0.15, -0.1) is 11.8 Å². The molecule has 0 bridgehead atoms. The fourth-order valence-electron chi connectivity index (χ4n) is 1.31. The average Bonchev–Trinajstić information content (AvgIpc) is 2.30. The molecule has 13 heavy (non-hydrogen) atoms. The molecular weight excluding hydrogens is 186 g/mol. The van der Waals surface area contributed by atoms with Gasteiger partial charge in [0.1, 0.15) is 0 Å². The lowest BCUT2D eigenvalue weighted by Crippen LogP contribution is -2.39. The van der Waals surface area contributed by atoms with Crippen molar-refractivity contribution in [2.24, 2.45) is 0 Å². The number of ether oxygens (including phenoxy) is 1. The van der Waals surface area contributed by atoms with Crippen LogP contribution in [-0.4, -0.2) is 29.2 Å². The quantitative estimate of drug-likeness (QED) is 0.703. The molecule has 0 aliphatic carbocycles. The van der Waals surface area contributed by atoms with Crippen LogP contribution in [0.4, 0.5) is 0 Å². The minimum Gasteiger partial charge on any atom is -0.466 e. The van der Waals surface area contributed by atoms with Gasteiger partial charge in [-0.25, -0.2) is 0 Å². The second kappa shape index (κ2) is 4.33. The van der Waals surface area contributed by atoms with E-state index in [1.54, 1.807) is 11.8 Å². The molecule has 76 valence electrons. The molecule has 1 saturated heterocycles. The van der Waals surface area contributed by atoms with Gasteiger partial charge in [0.25, 0.3) is 0 Å². The van der Waals surface area contributed by atoms with Crippen molar-refractivity contribution in [1.29, 1.82) is 0 Å². The van der Waals surface area contributed by atoms with E-state index in [1.807, 2.05) is 6.92 Å². The predicted molar refractivity (Wildman–Crippen MR) is 54.7 cm³/mol. The second-order valence-corrected chi connectivity index (χ2v) is 5.03. The van der Waals surface area contributed by atoms with Gasteiger partial charge in [-0.1, -0.05) is 0 Å². The Morgan fingerprint density at radius 3 is 2.85 bits per heavy atom. The van der Waals surface area contributed by atoms with Crippen LogP contribution in [0.3, 0.4) is 0 Å². The molecule has 1 atom stereocenters. The molecule has 0 aromatic heterocycles. The third-order valence-corrected chi connectivity index (χ3v) is 3.43. The maximum absolute atomic E-state index is 11.1. The number of carbonyl (C=O) groups is 1. The zero-order chi connectivity index (χ0) is 9.90. The molecular formula is C9H17NO2S. The highest BCUT2D eigenvalue weighted by molar-refractivity contribution is 8.00. The predicted octanol–water partition coefficient (Wildman–Crippen LogP) is 1.38. The summed E-state index contributed by atoms with van der Waals surface area (Å²) in [5.41, 5.74) is 0.155. The first-order valence-corrected chi connectivity index (χ1v) is 5.63. The Morgan fingerprint density at radius 1 is 1.69 bits per heavy atom. The third-order valence-electron chi connectivity index (χ3n) is 1.85. The molecule has 3 nitrogen and oxygen atoms in total. The Kier molecular flexibility index (Phi) is 3.62. The van der Waals surface area contributed by atoms with Crippen LogP contribution in [0.15, 0.2) is 0 Å². The molecule has 0 aromatic rings. The van der Waals surface area contributed by atoms with Crippen LogP contribution >= 0.6 is 11.8 Å². The summed E-state index contributed by atoms with van der Waals surface area (Å²) in [5, 5.41) is 3.61. The third kappa shape index (κ3) is 3.56. The standard InChI is InChI=1S/C9H17NO2S/c1-4-12-8(11)5-7-10-9(2,3)6-13-7/h7,10H,4-6H2,1-3H3. The maximum atomic E-state index is 11.1. The van der Waals surface area contributed by atoms with E-state index in [4.69, 9.17) is 4.74 Å².